The van der Waals surface area contributed by atoms with E-state index in [0.717, 1.165) is 25.5 Å². The predicted octanol–water partition coefficient (Wildman–Crippen LogP) is 3.93. The van der Waals surface area contributed by atoms with Crippen LogP contribution in [0.1, 0.15) is 42.9 Å². The van der Waals surface area contributed by atoms with Crippen LogP contribution in [0, 0.1) is 5.92 Å². The van der Waals surface area contributed by atoms with Crippen molar-refractivity contribution in [3.8, 4) is 0 Å². The fourth-order valence-electron chi connectivity index (χ4n) is 2.92. The van der Waals surface area contributed by atoms with Crippen LogP contribution in [0.25, 0.3) is 0 Å². The Labute approximate surface area is 122 Å². The third-order valence-electron chi connectivity index (χ3n) is 4.23. The molecule has 0 amide bonds. The Hall–Kier alpha value is -1.07. The van der Waals surface area contributed by atoms with E-state index in [4.69, 9.17) is 4.74 Å². The van der Waals surface area contributed by atoms with E-state index in [1.165, 1.54) is 25.0 Å². The minimum Gasteiger partial charge on any atom is -0.373 e. The van der Waals surface area contributed by atoms with Gasteiger partial charge in [0.1, 0.15) is 0 Å². The lowest BCUT2D eigenvalue weighted by molar-refractivity contribution is -0.137. The van der Waals surface area contributed by atoms with Crippen molar-refractivity contribution in [3.63, 3.8) is 0 Å². The lowest BCUT2D eigenvalue weighted by Gasteiger charge is -2.32. The van der Waals surface area contributed by atoms with Crippen molar-refractivity contribution in [2.75, 3.05) is 13.2 Å². The normalized spacial score (nSPS) is 26.8. The van der Waals surface area contributed by atoms with Gasteiger partial charge in [-0.1, -0.05) is 12.1 Å². The number of nitrogens with one attached hydrogen (secondary N) is 1. The summed E-state index contributed by atoms with van der Waals surface area (Å²) in [6.07, 6.45) is -0.129. The molecular weight excluding hydrogens is 279 g/mol. The third kappa shape index (κ3) is 3.77. The quantitative estimate of drug-likeness (QED) is 0.909. The highest BCUT2D eigenvalue weighted by Crippen LogP contribution is 2.37. The molecule has 1 aromatic carbocycles. The van der Waals surface area contributed by atoms with Gasteiger partial charge in [0.05, 0.1) is 11.7 Å². The molecule has 116 valence electrons. The first-order valence-electron chi connectivity index (χ1n) is 7.56. The second-order valence-corrected chi connectivity index (χ2v) is 6.00. The van der Waals surface area contributed by atoms with E-state index in [2.05, 4.69) is 5.32 Å². The van der Waals surface area contributed by atoms with Gasteiger partial charge in [-0.05, 0) is 43.4 Å². The number of ether oxygens (including phenoxy) is 1. The molecule has 21 heavy (non-hydrogen) atoms. The molecule has 2 nitrogen and oxygen atoms in total. The first kappa shape index (κ1) is 14.9. The summed E-state index contributed by atoms with van der Waals surface area (Å²) in [4.78, 5) is 0. The van der Waals surface area contributed by atoms with E-state index >= 15 is 0 Å². The van der Waals surface area contributed by atoms with Crippen LogP contribution in [-0.2, 0) is 10.9 Å². The summed E-state index contributed by atoms with van der Waals surface area (Å²) in [5, 5.41) is 3.47. The lowest BCUT2D eigenvalue weighted by Crippen LogP contribution is -2.33. The number of benzene rings is 1. The highest BCUT2D eigenvalue weighted by atomic mass is 19.4. The SMILES string of the molecule is FC(F)(F)c1cccc(C2OCCCC2CNC2CC2)c1. The van der Waals surface area contributed by atoms with Crippen LogP contribution in [0.4, 0.5) is 13.2 Å². The molecule has 1 aliphatic heterocycles. The average molecular weight is 299 g/mol. The van der Waals surface area contributed by atoms with Crippen molar-refractivity contribution in [3.05, 3.63) is 35.4 Å². The van der Waals surface area contributed by atoms with E-state index in [-0.39, 0.29) is 12.0 Å². The maximum Gasteiger partial charge on any atom is 0.416 e. The Balaban J connectivity index is 1.75. The van der Waals surface area contributed by atoms with Crippen molar-refractivity contribution < 1.29 is 17.9 Å². The molecule has 0 bridgehead atoms. The maximum absolute atomic E-state index is 12.8. The van der Waals surface area contributed by atoms with Crippen LogP contribution in [-0.4, -0.2) is 19.2 Å². The molecule has 0 radical (unpaired) electrons. The molecule has 1 N–H and O–H groups in total. The second kappa shape index (κ2) is 5.97. The molecule has 2 atom stereocenters. The van der Waals surface area contributed by atoms with E-state index in [1.807, 2.05) is 0 Å². The molecular formula is C16H20F3NO. The van der Waals surface area contributed by atoms with Crippen LogP contribution in [0.3, 0.4) is 0 Å². The Morgan fingerprint density at radius 1 is 1.19 bits per heavy atom. The monoisotopic (exact) mass is 299 g/mol. The summed E-state index contributed by atoms with van der Waals surface area (Å²) in [5.74, 6) is 0.253. The second-order valence-electron chi connectivity index (χ2n) is 6.00. The number of hydrogen-bond acceptors (Lipinski definition) is 2. The standard InChI is InChI=1S/C16H20F3NO/c17-16(18,19)13-5-1-3-11(9-13)15-12(4-2-8-21-15)10-20-14-6-7-14/h1,3,5,9,12,14-15,20H,2,4,6-8,10H2. The fraction of sp³-hybridized carbons (Fsp3) is 0.625. The van der Waals surface area contributed by atoms with Gasteiger partial charge in [-0.2, -0.15) is 13.2 Å². The average Bonchev–Trinajstić information content (AvgIpc) is 3.29. The van der Waals surface area contributed by atoms with Gasteiger partial charge in [-0.15, -0.1) is 0 Å². The molecule has 2 fully saturated rings. The summed E-state index contributed by atoms with van der Waals surface area (Å²) in [6.45, 7) is 1.45. The maximum atomic E-state index is 12.8. The molecule has 1 aliphatic carbocycles. The number of halogens is 3. The fourth-order valence-corrected chi connectivity index (χ4v) is 2.92. The van der Waals surface area contributed by atoms with Gasteiger partial charge in [0, 0.05) is 25.1 Å². The zero-order valence-electron chi connectivity index (χ0n) is 11.8. The van der Waals surface area contributed by atoms with Gasteiger partial charge in [-0.3, -0.25) is 0 Å². The van der Waals surface area contributed by atoms with Gasteiger partial charge in [-0.25, -0.2) is 0 Å². The molecule has 5 heteroatoms. The smallest absolute Gasteiger partial charge is 0.373 e. The van der Waals surface area contributed by atoms with Crippen molar-refractivity contribution in [1.29, 1.82) is 0 Å². The molecule has 1 saturated carbocycles. The molecule has 0 spiro atoms. The zero-order chi connectivity index (χ0) is 14.9. The van der Waals surface area contributed by atoms with E-state index in [0.29, 0.717) is 18.2 Å². The van der Waals surface area contributed by atoms with E-state index < -0.39 is 11.7 Å². The summed E-state index contributed by atoms with van der Waals surface area (Å²) in [6, 6.07) is 6.18. The predicted molar refractivity (Wildman–Crippen MR) is 73.9 cm³/mol. The lowest BCUT2D eigenvalue weighted by atomic mass is 9.88. The highest BCUT2D eigenvalue weighted by molar-refractivity contribution is 5.28. The summed E-state index contributed by atoms with van der Waals surface area (Å²) >= 11 is 0. The molecule has 1 aromatic rings. The molecule has 0 aromatic heterocycles. The van der Waals surface area contributed by atoms with Crippen molar-refractivity contribution >= 4 is 0 Å². The van der Waals surface area contributed by atoms with Gasteiger partial charge in [0.25, 0.3) is 0 Å². The van der Waals surface area contributed by atoms with Crippen LogP contribution < -0.4 is 5.32 Å². The largest absolute Gasteiger partial charge is 0.416 e. The zero-order valence-corrected chi connectivity index (χ0v) is 11.8. The van der Waals surface area contributed by atoms with Crippen LogP contribution in [0.5, 0.6) is 0 Å². The van der Waals surface area contributed by atoms with Crippen LogP contribution in [0.2, 0.25) is 0 Å². The van der Waals surface area contributed by atoms with E-state index in [1.54, 1.807) is 6.07 Å². The Bertz CT molecular complexity index is 485. The first-order valence-corrected chi connectivity index (χ1v) is 7.56. The molecule has 2 aliphatic rings. The molecule has 1 saturated heterocycles. The van der Waals surface area contributed by atoms with Gasteiger partial charge in [0.15, 0.2) is 0 Å². The van der Waals surface area contributed by atoms with Crippen LogP contribution in [0.15, 0.2) is 24.3 Å². The summed E-state index contributed by atoms with van der Waals surface area (Å²) in [7, 11) is 0. The van der Waals surface area contributed by atoms with Crippen LogP contribution >= 0.6 is 0 Å². The molecule has 3 rings (SSSR count). The van der Waals surface area contributed by atoms with Gasteiger partial charge in [0.2, 0.25) is 0 Å². The Morgan fingerprint density at radius 3 is 2.71 bits per heavy atom. The van der Waals surface area contributed by atoms with Gasteiger partial charge < -0.3 is 10.1 Å². The topological polar surface area (TPSA) is 21.3 Å². The minimum absolute atomic E-state index is 0.229. The minimum atomic E-state index is -4.30. The van der Waals surface area contributed by atoms with Gasteiger partial charge >= 0.3 is 6.18 Å². The first-order chi connectivity index (χ1) is 10.0. The molecule has 2 unspecified atom stereocenters. The van der Waals surface area contributed by atoms with E-state index in [9.17, 15) is 13.2 Å². The number of alkyl halides is 3. The molecule has 1 heterocycles. The summed E-state index contributed by atoms with van der Waals surface area (Å²) < 4.78 is 44.3. The summed E-state index contributed by atoms with van der Waals surface area (Å²) in [5.41, 5.74) is 0.0511. The number of hydrogen-bond donors (Lipinski definition) is 1. The highest BCUT2D eigenvalue weighted by Gasteiger charge is 2.33. The van der Waals surface area contributed by atoms with Crippen molar-refractivity contribution in [1.82, 2.24) is 5.32 Å². The Kier molecular flexibility index (Phi) is 4.22. The Morgan fingerprint density at radius 2 is 2.00 bits per heavy atom. The van der Waals surface area contributed by atoms with Crippen molar-refractivity contribution in [2.24, 2.45) is 5.92 Å². The third-order valence-corrected chi connectivity index (χ3v) is 4.23. The van der Waals surface area contributed by atoms with Crippen molar-refractivity contribution in [2.45, 2.75) is 44.0 Å². The number of rotatable bonds is 4.